The number of anilines is 3. The number of benzene rings is 2. The maximum atomic E-state index is 5.42. The first-order chi connectivity index (χ1) is 14.1. The summed E-state index contributed by atoms with van der Waals surface area (Å²) in [7, 11) is 3.23. The molecule has 8 heteroatoms. The second-order valence-corrected chi connectivity index (χ2v) is 6.45. The number of fused-ring (bicyclic) bond motifs is 1. The molecule has 0 bridgehead atoms. The minimum Gasteiger partial charge on any atom is -0.493 e. The molecule has 0 saturated carbocycles. The Kier molecular flexibility index (Phi) is 5.24. The summed E-state index contributed by atoms with van der Waals surface area (Å²) in [5, 5.41) is 6.54. The number of nitrogens with zero attached hydrogens (tertiary/aromatic N) is 2. The zero-order valence-corrected chi connectivity index (χ0v) is 16.5. The molecule has 0 spiro atoms. The van der Waals surface area contributed by atoms with E-state index < -0.39 is 0 Å². The van der Waals surface area contributed by atoms with Gasteiger partial charge < -0.3 is 29.6 Å². The standard InChI is InChI=1S/C21H22N4O4/c1-13-8-20(24-15-5-7-17-19(10-15)29-12-28-17)25-21(23-13)22-11-14-4-6-16(26-2)18(9-14)27-3/h4-10H,11-12H2,1-3H3,(H2,22,23,24,25). The number of rotatable bonds is 7. The van der Waals surface area contributed by atoms with Gasteiger partial charge in [0.05, 0.1) is 14.2 Å². The van der Waals surface area contributed by atoms with Crippen LogP contribution >= 0.6 is 0 Å². The summed E-state index contributed by atoms with van der Waals surface area (Å²) in [6, 6.07) is 13.3. The molecule has 2 heterocycles. The molecule has 8 nitrogen and oxygen atoms in total. The maximum absolute atomic E-state index is 5.42. The van der Waals surface area contributed by atoms with Crippen molar-refractivity contribution in [1.82, 2.24) is 9.97 Å². The maximum Gasteiger partial charge on any atom is 0.231 e. The normalized spacial score (nSPS) is 11.8. The number of ether oxygens (including phenoxy) is 4. The van der Waals surface area contributed by atoms with Gasteiger partial charge in [-0.15, -0.1) is 0 Å². The fraction of sp³-hybridized carbons (Fsp3) is 0.238. The first-order valence-corrected chi connectivity index (χ1v) is 9.12. The largest absolute Gasteiger partial charge is 0.493 e. The van der Waals surface area contributed by atoms with Gasteiger partial charge in [0.25, 0.3) is 0 Å². The van der Waals surface area contributed by atoms with Crippen LogP contribution in [0.25, 0.3) is 0 Å². The van der Waals surface area contributed by atoms with Crippen LogP contribution in [0.5, 0.6) is 23.0 Å². The Hall–Kier alpha value is -3.68. The molecule has 3 aromatic rings. The summed E-state index contributed by atoms with van der Waals surface area (Å²) in [5.74, 6) is 4.05. The van der Waals surface area contributed by atoms with Crippen LogP contribution < -0.4 is 29.6 Å². The molecule has 4 rings (SSSR count). The summed E-state index contributed by atoms with van der Waals surface area (Å²) in [5.41, 5.74) is 2.73. The van der Waals surface area contributed by atoms with Crippen molar-refractivity contribution >= 4 is 17.5 Å². The third-order valence-electron chi connectivity index (χ3n) is 4.40. The molecular weight excluding hydrogens is 372 g/mol. The molecule has 0 unspecified atom stereocenters. The highest BCUT2D eigenvalue weighted by atomic mass is 16.7. The molecule has 0 amide bonds. The van der Waals surface area contributed by atoms with E-state index in [1.54, 1.807) is 14.2 Å². The van der Waals surface area contributed by atoms with Crippen LogP contribution in [0, 0.1) is 6.92 Å². The van der Waals surface area contributed by atoms with Crippen LogP contribution in [-0.4, -0.2) is 31.0 Å². The van der Waals surface area contributed by atoms with Gasteiger partial charge in [-0.3, -0.25) is 0 Å². The summed E-state index contributed by atoms with van der Waals surface area (Å²) >= 11 is 0. The number of aromatic nitrogens is 2. The van der Waals surface area contributed by atoms with Gasteiger partial charge in [-0.05, 0) is 36.8 Å². The Bertz CT molecular complexity index is 1030. The highest BCUT2D eigenvalue weighted by Gasteiger charge is 2.13. The van der Waals surface area contributed by atoms with Crippen molar-refractivity contribution in [2.45, 2.75) is 13.5 Å². The minimum atomic E-state index is 0.246. The topological polar surface area (TPSA) is 86.8 Å². The summed E-state index contributed by atoms with van der Waals surface area (Å²) in [4.78, 5) is 9.01. The number of methoxy groups -OCH3 is 2. The van der Waals surface area contributed by atoms with Crippen LogP contribution in [0.15, 0.2) is 42.5 Å². The molecule has 2 aromatic carbocycles. The lowest BCUT2D eigenvalue weighted by Crippen LogP contribution is -2.06. The first kappa shape index (κ1) is 18.7. The lowest BCUT2D eigenvalue weighted by atomic mass is 10.2. The van der Waals surface area contributed by atoms with E-state index in [0.717, 1.165) is 22.7 Å². The first-order valence-electron chi connectivity index (χ1n) is 9.12. The van der Waals surface area contributed by atoms with Gasteiger partial charge in [-0.25, -0.2) is 4.98 Å². The Morgan fingerprint density at radius 3 is 2.59 bits per heavy atom. The van der Waals surface area contributed by atoms with Gasteiger partial charge in [0, 0.05) is 30.1 Å². The van der Waals surface area contributed by atoms with Crippen LogP contribution in [0.2, 0.25) is 0 Å². The van der Waals surface area contributed by atoms with E-state index in [0.29, 0.717) is 35.6 Å². The van der Waals surface area contributed by atoms with E-state index in [1.807, 2.05) is 49.4 Å². The molecule has 1 aromatic heterocycles. The number of aryl methyl sites for hydroxylation is 1. The molecule has 1 aliphatic rings. The highest BCUT2D eigenvalue weighted by Crippen LogP contribution is 2.35. The third kappa shape index (κ3) is 4.26. The smallest absolute Gasteiger partial charge is 0.231 e. The van der Waals surface area contributed by atoms with Gasteiger partial charge in [-0.2, -0.15) is 4.98 Å². The fourth-order valence-electron chi connectivity index (χ4n) is 3.01. The molecule has 1 aliphatic heterocycles. The Morgan fingerprint density at radius 1 is 0.931 bits per heavy atom. The Balaban J connectivity index is 1.47. The lowest BCUT2D eigenvalue weighted by molar-refractivity contribution is 0.174. The van der Waals surface area contributed by atoms with Gasteiger partial charge in [0.1, 0.15) is 5.82 Å². The van der Waals surface area contributed by atoms with E-state index in [-0.39, 0.29) is 6.79 Å². The second kappa shape index (κ2) is 8.14. The molecule has 0 atom stereocenters. The number of hydrogen-bond donors (Lipinski definition) is 2. The van der Waals surface area contributed by atoms with E-state index >= 15 is 0 Å². The fourth-order valence-corrected chi connectivity index (χ4v) is 3.01. The molecule has 0 aliphatic carbocycles. The van der Waals surface area contributed by atoms with Crippen molar-refractivity contribution in [2.75, 3.05) is 31.6 Å². The van der Waals surface area contributed by atoms with Crippen molar-refractivity contribution in [3.8, 4) is 23.0 Å². The summed E-state index contributed by atoms with van der Waals surface area (Å²) in [6.45, 7) is 2.72. The van der Waals surface area contributed by atoms with Crippen molar-refractivity contribution in [1.29, 1.82) is 0 Å². The zero-order chi connectivity index (χ0) is 20.2. The van der Waals surface area contributed by atoms with Gasteiger partial charge in [0.15, 0.2) is 23.0 Å². The lowest BCUT2D eigenvalue weighted by Gasteiger charge is -2.12. The van der Waals surface area contributed by atoms with Crippen LogP contribution in [0.3, 0.4) is 0 Å². The number of nitrogens with one attached hydrogen (secondary N) is 2. The predicted octanol–water partition coefficient (Wildman–Crippen LogP) is 3.89. The Morgan fingerprint density at radius 2 is 1.76 bits per heavy atom. The molecule has 0 saturated heterocycles. The molecule has 0 radical (unpaired) electrons. The number of hydrogen-bond acceptors (Lipinski definition) is 8. The molecule has 150 valence electrons. The van der Waals surface area contributed by atoms with E-state index in [4.69, 9.17) is 18.9 Å². The summed E-state index contributed by atoms with van der Waals surface area (Å²) in [6.07, 6.45) is 0. The van der Waals surface area contributed by atoms with Gasteiger partial charge in [-0.1, -0.05) is 6.07 Å². The third-order valence-corrected chi connectivity index (χ3v) is 4.40. The molecule has 2 N–H and O–H groups in total. The second-order valence-electron chi connectivity index (χ2n) is 6.45. The SMILES string of the molecule is COc1ccc(CNc2nc(C)cc(Nc3ccc4c(c3)OCO4)n2)cc1OC. The highest BCUT2D eigenvalue weighted by molar-refractivity contribution is 5.62. The predicted molar refractivity (Wildman–Crippen MR) is 109 cm³/mol. The van der Waals surface area contributed by atoms with Crippen LogP contribution in [0.1, 0.15) is 11.3 Å². The van der Waals surface area contributed by atoms with Crippen molar-refractivity contribution in [2.24, 2.45) is 0 Å². The van der Waals surface area contributed by atoms with E-state index in [9.17, 15) is 0 Å². The monoisotopic (exact) mass is 394 g/mol. The summed E-state index contributed by atoms with van der Waals surface area (Å²) < 4.78 is 21.4. The average Bonchev–Trinajstić information content (AvgIpc) is 3.19. The average molecular weight is 394 g/mol. The van der Waals surface area contributed by atoms with Crippen LogP contribution in [-0.2, 0) is 6.54 Å². The Labute approximate surface area is 168 Å². The van der Waals surface area contributed by atoms with Crippen molar-refractivity contribution < 1.29 is 18.9 Å². The van der Waals surface area contributed by atoms with Crippen LogP contribution in [0.4, 0.5) is 17.5 Å². The van der Waals surface area contributed by atoms with E-state index in [1.165, 1.54) is 0 Å². The zero-order valence-electron chi connectivity index (χ0n) is 16.5. The molecule has 0 fully saturated rings. The van der Waals surface area contributed by atoms with Gasteiger partial charge >= 0.3 is 0 Å². The van der Waals surface area contributed by atoms with E-state index in [2.05, 4.69) is 20.6 Å². The van der Waals surface area contributed by atoms with Gasteiger partial charge in [0.2, 0.25) is 12.7 Å². The van der Waals surface area contributed by atoms with Crippen molar-refractivity contribution in [3.05, 3.63) is 53.7 Å². The molecular formula is C21H22N4O4. The molecule has 29 heavy (non-hydrogen) atoms. The quantitative estimate of drug-likeness (QED) is 0.624. The minimum absolute atomic E-state index is 0.246. The van der Waals surface area contributed by atoms with Crippen molar-refractivity contribution in [3.63, 3.8) is 0 Å².